The number of carbonyl (C=O) groups excluding carboxylic acids is 1. The number of fused-ring (bicyclic) bond motifs is 1. The van der Waals surface area contributed by atoms with Gasteiger partial charge >= 0.3 is 0 Å². The number of nitrogens with zero attached hydrogens (tertiary/aromatic N) is 2. The molecule has 3 aromatic rings. The van der Waals surface area contributed by atoms with Crippen LogP contribution in [0.1, 0.15) is 56.1 Å². The molecule has 0 aliphatic heterocycles. The van der Waals surface area contributed by atoms with E-state index in [2.05, 4.69) is 47.6 Å². The van der Waals surface area contributed by atoms with Crippen molar-refractivity contribution in [1.82, 2.24) is 4.98 Å². The molecule has 1 unspecified atom stereocenters. The van der Waals surface area contributed by atoms with Crippen LogP contribution in [0.4, 0.5) is 5.69 Å². The Bertz CT molecular complexity index is 1050. The van der Waals surface area contributed by atoms with Crippen molar-refractivity contribution in [3.63, 3.8) is 0 Å². The predicted molar refractivity (Wildman–Crippen MR) is 120 cm³/mol. The lowest BCUT2D eigenvalue weighted by molar-refractivity contribution is -0.122. The maximum absolute atomic E-state index is 12.9. The average molecular weight is 398 g/mol. The molecule has 4 rings (SSSR count). The molecule has 1 atom stereocenters. The highest BCUT2D eigenvalue weighted by molar-refractivity contribution is 5.92. The number of nitriles is 1. The molecule has 0 saturated heterocycles. The summed E-state index contributed by atoms with van der Waals surface area (Å²) < 4.78 is 0. The van der Waals surface area contributed by atoms with Crippen LogP contribution in [-0.2, 0) is 4.79 Å². The molecule has 30 heavy (non-hydrogen) atoms. The van der Waals surface area contributed by atoms with Gasteiger partial charge in [-0.05, 0) is 85.9 Å². The van der Waals surface area contributed by atoms with E-state index in [1.165, 1.54) is 10.9 Å². The molecule has 1 aliphatic carbocycles. The summed E-state index contributed by atoms with van der Waals surface area (Å²) in [5.74, 6) is 1.07. The van der Waals surface area contributed by atoms with E-state index in [0.29, 0.717) is 17.4 Å². The minimum atomic E-state index is 0.0239. The molecule has 152 valence electrons. The van der Waals surface area contributed by atoms with Crippen LogP contribution in [-0.4, -0.2) is 10.9 Å². The second-order valence-corrected chi connectivity index (χ2v) is 8.22. The highest BCUT2D eigenvalue weighted by Crippen LogP contribution is 2.41. The Balaban J connectivity index is 1.41. The number of carbonyl (C=O) groups is 1. The monoisotopic (exact) mass is 397 g/mol. The van der Waals surface area contributed by atoms with Crippen molar-refractivity contribution in [2.75, 3.05) is 5.32 Å². The van der Waals surface area contributed by atoms with E-state index in [4.69, 9.17) is 5.26 Å². The smallest absolute Gasteiger partial charge is 0.227 e. The summed E-state index contributed by atoms with van der Waals surface area (Å²) in [6.45, 7) is 2.10. The van der Waals surface area contributed by atoms with Gasteiger partial charge in [0.05, 0.1) is 17.1 Å². The molecule has 4 heteroatoms. The summed E-state index contributed by atoms with van der Waals surface area (Å²) in [6.07, 6.45) is 7.12. The first-order valence-corrected chi connectivity index (χ1v) is 10.8. The van der Waals surface area contributed by atoms with Gasteiger partial charge < -0.3 is 5.32 Å². The number of benzene rings is 2. The molecule has 1 amide bonds. The zero-order chi connectivity index (χ0) is 20.9. The minimum Gasteiger partial charge on any atom is -0.326 e. The number of amides is 1. The SMILES string of the molecule is CCC(C(=O)Nc1ccc(C#N)cc1)[C@H]1CC[C@@H](c2ccnc3ccccc32)CC1. The fourth-order valence-electron chi connectivity index (χ4n) is 4.90. The Morgan fingerprint density at radius 2 is 1.83 bits per heavy atom. The first kappa shape index (κ1) is 20.1. The van der Waals surface area contributed by atoms with E-state index in [1.54, 1.807) is 24.3 Å². The van der Waals surface area contributed by atoms with Crippen LogP contribution >= 0.6 is 0 Å². The predicted octanol–water partition coefficient (Wildman–Crippen LogP) is 6.05. The molecular weight excluding hydrogens is 370 g/mol. The zero-order valence-corrected chi connectivity index (χ0v) is 17.3. The summed E-state index contributed by atoms with van der Waals surface area (Å²) in [5, 5.41) is 13.2. The van der Waals surface area contributed by atoms with E-state index >= 15 is 0 Å². The normalized spacial score (nSPS) is 19.7. The number of hydrogen-bond donors (Lipinski definition) is 1. The molecule has 1 saturated carbocycles. The Morgan fingerprint density at radius 3 is 2.53 bits per heavy atom. The molecule has 1 N–H and O–H groups in total. The van der Waals surface area contributed by atoms with Crippen LogP contribution in [0.25, 0.3) is 10.9 Å². The molecule has 0 spiro atoms. The average Bonchev–Trinajstić information content (AvgIpc) is 2.80. The third kappa shape index (κ3) is 4.21. The zero-order valence-electron chi connectivity index (χ0n) is 17.3. The summed E-state index contributed by atoms with van der Waals surface area (Å²) in [5.41, 5.74) is 3.82. The lowest BCUT2D eigenvalue weighted by Crippen LogP contribution is -2.31. The fourth-order valence-corrected chi connectivity index (χ4v) is 4.90. The van der Waals surface area contributed by atoms with Crippen molar-refractivity contribution < 1.29 is 4.79 Å². The van der Waals surface area contributed by atoms with Gasteiger partial charge in [-0.1, -0.05) is 25.1 Å². The Labute approximate surface area is 178 Å². The Kier molecular flexibility index (Phi) is 6.09. The number of hydrogen-bond acceptors (Lipinski definition) is 3. The second kappa shape index (κ2) is 9.09. The summed E-state index contributed by atoms with van der Waals surface area (Å²) >= 11 is 0. The highest BCUT2D eigenvalue weighted by Gasteiger charge is 2.32. The maximum Gasteiger partial charge on any atom is 0.227 e. The summed E-state index contributed by atoms with van der Waals surface area (Å²) in [4.78, 5) is 17.4. The molecule has 4 nitrogen and oxygen atoms in total. The van der Waals surface area contributed by atoms with Crippen LogP contribution in [0.3, 0.4) is 0 Å². The summed E-state index contributed by atoms with van der Waals surface area (Å²) in [7, 11) is 0. The van der Waals surface area contributed by atoms with Crippen molar-refractivity contribution in [1.29, 1.82) is 5.26 Å². The van der Waals surface area contributed by atoms with Crippen molar-refractivity contribution in [3.8, 4) is 6.07 Å². The molecule has 1 aromatic heterocycles. The number of rotatable bonds is 5. The Morgan fingerprint density at radius 1 is 1.10 bits per heavy atom. The van der Waals surface area contributed by atoms with E-state index in [1.807, 2.05) is 12.3 Å². The van der Waals surface area contributed by atoms with Gasteiger partial charge in [0.15, 0.2) is 0 Å². The van der Waals surface area contributed by atoms with Crippen molar-refractivity contribution in [2.24, 2.45) is 11.8 Å². The van der Waals surface area contributed by atoms with E-state index in [-0.39, 0.29) is 11.8 Å². The lowest BCUT2D eigenvalue weighted by Gasteiger charge is -2.33. The maximum atomic E-state index is 12.9. The molecule has 1 fully saturated rings. The fraction of sp³-hybridized carbons (Fsp3) is 0.346. The van der Waals surface area contributed by atoms with Crippen LogP contribution < -0.4 is 5.32 Å². The number of aromatic nitrogens is 1. The van der Waals surface area contributed by atoms with Crippen molar-refractivity contribution >= 4 is 22.5 Å². The first-order chi connectivity index (χ1) is 14.7. The number of pyridine rings is 1. The summed E-state index contributed by atoms with van der Waals surface area (Å²) in [6, 6.07) is 19.7. The van der Waals surface area contributed by atoms with Gasteiger partial charge in [0.25, 0.3) is 0 Å². The topological polar surface area (TPSA) is 65.8 Å². The number of anilines is 1. The quantitative estimate of drug-likeness (QED) is 0.570. The third-order valence-corrected chi connectivity index (χ3v) is 6.52. The Hall–Kier alpha value is -3.19. The van der Waals surface area contributed by atoms with E-state index in [9.17, 15) is 4.79 Å². The van der Waals surface area contributed by atoms with Gasteiger partial charge in [-0.2, -0.15) is 5.26 Å². The molecule has 1 heterocycles. The van der Waals surface area contributed by atoms with Crippen LogP contribution in [0.5, 0.6) is 0 Å². The third-order valence-electron chi connectivity index (χ3n) is 6.52. The largest absolute Gasteiger partial charge is 0.326 e. The standard InChI is InChI=1S/C26H27N3O/c1-2-22(26(30)29-21-13-7-18(17-27)8-14-21)19-9-11-20(12-10-19)23-15-16-28-25-6-4-3-5-24(23)25/h3-8,13-16,19-20,22H,2,9-12H2,1H3,(H,29,30)/t19-,20+,22?. The van der Waals surface area contributed by atoms with Crippen molar-refractivity contribution in [3.05, 3.63) is 71.9 Å². The molecule has 0 bridgehead atoms. The molecule has 0 radical (unpaired) electrons. The van der Waals surface area contributed by atoms with Gasteiger partial charge in [-0.15, -0.1) is 0 Å². The van der Waals surface area contributed by atoms with Gasteiger partial charge in [-0.25, -0.2) is 0 Å². The van der Waals surface area contributed by atoms with Gasteiger partial charge in [0.1, 0.15) is 0 Å². The lowest BCUT2D eigenvalue weighted by atomic mass is 9.72. The van der Waals surface area contributed by atoms with Gasteiger partial charge in [-0.3, -0.25) is 9.78 Å². The van der Waals surface area contributed by atoms with Crippen LogP contribution in [0, 0.1) is 23.2 Å². The van der Waals surface area contributed by atoms with Crippen LogP contribution in [0.15, 0.2) is 60.8 Å². The minimum absolute atomic E-state index is 0.0239. The molecule has 1 aliphatic rings. The van der Waals surface area contributed by atoms with Gasteiger partial charge in [0, 0.05) is 23.2 Å². The van der Waals surface area contributed by atoms with Gasteiger partial charge in [0.2, 0.25) is 5.91 Å². The van der Waals surface area contributed by atoms with E-state index < -0.39 is 0 Å². The van der Waals surface area contributed by atoms with Crippen molar-refractivity contribution in [2.45, 2.75) is 44.9 Å². The first-order valence-electron chi connectivity index (χ1n) is 10.8. The van der Waals surface area contributed by atoms with E-state index in [0.717, 1.165) is 43.3 Å². The molecule has 2 aromatic carbocycles. The molecular formula is C26H27N3O. The number of para-hydroxylation sites is 1. The highest BCUT2D eigenvalue weighted by atomic mass is 16.1. The second-order valence-electron chi connectivity index (χ2n) is 8.22. The van der Waals surface area contributed by atoms with Crippen LogP contribution in [0.2, 0.25) is 0 Å². The number of nitrogens with one attached hydrogen (secondary N) is 1.